The fourth-order valence-corrected chi connectivity index (χ4v) is 3.70. The van der Waals surface area contributed by atoms with Gasteiger partial charge in [0.2, 0.25) is 5.91 Å². The van der Waals surface area contributed by atoms with Crippen molar-refractivity contribution in [2.24, 2.45) is 0 Å². The van der Waals surface area contributed by atoms with Crippen LogP contribution in [0.15, 0.2) is 12.1 Å². The lowest BCUT2D eigenvalue weighted by Gasteiger charge is -2.21. The molecule has 2 saturated heterocycles. The molecule has 16 heavy (non-hydrogen) atoms. The van der Waals surface area contributed by atoms with Crippen LogP contribution in [0.1, 0.15) is 22.6 Å². The van der Waals surface area contributed by atoms with Crippen LogP contribution >= 0.6 is 11.3 Å². The van der Waals surface area contributed by atoms with Crippen LogP contribution in [0.5, 0.6) is 0 Å². The molecule has 86 valence electrons. The standard InChI is InChI=1S/C12H16N2OS/c1-8-2-3-9(16-8)7-14-5-4-10-11(14)6-12(15)13-10/h2-3,10-11H,4-7H2,1H3,(H,13,15)/t10-,11-/m0/s1. The highest BCUT2D eigenvalue weighted by Crippen LogP contribution is 2.28. The maximum atomic E-state index is 11.3. The highest BCUT2D eigenvalue weighted by Gasteiger charge is 2.41. The molecule has 0 unspecified atom stereocenters. The van der Waals surface area contributed by atoms with Crippen LogP contribution in [0.2, 0.25) is 0 Å². The molecular formula is C12H16N2OS. The third kappa shape index (κ3) is 1.76. The molecule has 3 rings (SSSR count). The van der Waals surface area contributed by atoms with E-state index in [9.17, 15) is 4.79 Å². The zero-order valence-electron chi connectivity index (χ0n) is 9.40. The number of nitrogens with zero attached hydrogens (tertiary/aromatic N) is 1. The number of fused-ring (bicyclic) bond motifs is 1. The first-order valence-electron chi connectivity index (χ1n) is 5.81. The predicted octanol–water partition coefficient (Wildman–Crippen LogP) is 1.52. The number of hydrogen-bond donors (Lipinski definition) is 1. The van der Waals surface area contributed by atoms with Crippen molar-refractivity contribution >= 4 is 17.2 Å². The first-order chi connectivity index (χ1) is 7.72. The summed E-state index contributed by atoms with van der Waals surface area (Å²) in [5, 5.41) is 3.06. The largest absolute Gasteiger partial charge is 0.352 e. The Bertz CT molecular complexity index is 415. The van der Waals surface area contributed by atoms with E-state index >= 15 is 0 Å². The summed E-state index contributed by atoms with van der Waals surface area (Å²) in [4.78, 5) is 16.6. The van der Waals surface area contributed by atoms with Crippen molar-refractivity contribution in [1.29, 1.82) is 0 Å². The Balaban J connectivity index is 1.70. The highest BCUT2D eigenvalue weighted by molar-refractivity contribution is 7.11. The zero-order valence-corrected chi connectivity index (χ0v) is 10.2. The molecule has 1 aromatic rings. The van der Waals surface area contributed by atoms with E-state index in [2.05, 4.69) is 29.3 Å². The molecule has 2 atom stereocenters. The van der Waals surface area contributed by atoms with Crippen molar-refractivity contribution in [3.63, 3.8) is 0 Å². The van der Waals surface area contributed by atoms with Gasteiger partial charge in [-0.3, -0.25) is 9.69 Å². The zero-order chi connectivity index (χ0) is 11.1. The lowest BCUT2D eigenvalue weighted by molar-refractivity contribution is -0.119. The van der Waals surface area contributed by atoms with Gasteiger partial charge in [0.1, 0.15) is 0 Å². The van der Waals surface area contributed by atoms with Gasteiger partial charge in [0, 0.05) is 41.3 Å². The van der Waals surface area contributed by atoms with Crippen LogP contribution in [0.25, 0.3) is 0 Å². The average Bonchev–Trinajstić information content (AvgIpc) is 2.86. The number of amides is 1. The molecule has 3 heterocycles. The minimum Gasteiger partial charge on any atom is -0.352 e. The summed E-state index contributed by atoms with van der Waals surface area (Å²) in [5.41, 5.74) is 0. The molecule has 3 nitrogen and oxygen atoms in total. The average molecular weight is 236 g/mol. The monoisotopic (exact) mass is 236 g/mol. The Morgan fingerprint density at radius 1 is 1.56 bits per heavy atom. The minimum atomic E-state index is 0.224. The molecule has 0 bridgehead atoms. The van der Waals surface area contributed by atoms with E-state index in [1.165, 1.54) is 9.75 Å². The lowest BCUT2D eigenvalue weighted by atomic mass is 10.1. The number of likely N-dealkylation sites (tertiary alicyclic amines) is 1. The van der Waals surface area contributed by atoms with E-state index in [0.717, 1.165) is 19.5 Å². The topological polar surface area (TPSA) is 32.3 Å². The van der Waals surface area contributed by atoms with Crippen molar-refractivity contribution in [2.45, 2.75) is 38.4 Å². The van der Waals surface area contributed by atoms with Crippen LogP contribution in [0, 0.1) is 6.92 Å². The van der Waals surface area contributed by atoms with Crippen molar-refractivity contribution in [3.05, 3.63) is 21.9 Å². The molecular weight excluding hydrogens is 220 g/mol. The van der Waals surface area contributed by atoms with E-state index in [0.29, 0.717) is 18.5 Å². The summed E-state index contributed by atoms with van der Waals surface area (Å²) in [5.74, 6) is 0.224. The first kappa shape index (κ1) is 10.3. The molecule has 0 aliphatic carbocycles. The molecule has 0 radical (unpaired) electrons. The maximum Gasteiger partial charge on any atom is 0.221 e. The molecule has 1 N–H and O–H groups in total. The third-order valence-electron chi connectivity index (χ3n) is 3.56. The lowest BCUT2D eigenvalue weighted by Crippen LogP contribution is -2.33. The Morgan fingerprint density at radius 2 is 2.44 bits per heavy atom. The first-order valence-corrected chi connectivity index (χ1v) is 6.63. The molecule has 2 fully saturated rings. The summed E-state index contributed by atoms with van der Waals surface area (Å²) in [6.07, 6.45) is 1.80. The van der Waals surface area contributed by atoms with Gasteiger partial charge < -0.3 is 5.32 Å². The summed E-state index contributed by atoms with van der Waals surface area (Å²) in [7, 11) is 0. The SMILES string of the molecule is Cc1ccc(CN2CC[C@@H]3NC(=O)C[C@@H]32)s1. The fraction of sp³-hybridized carbons (Fsp3) is 0.583. The normalized spacial score (nSPS) is 29.4. The Labute approximate surface area is 99.5 Å². The summed E-state index contributed by atoms with van der Waals surface area (Å²) in [6, 6.07) is 5.23. The second kappa shape index (κ2) is 3.86. The van der Waals surface area contributed by atoms with Gasteiger partial charge in [-0.05, 0) is 25.5 Å². The number of rotatable bonds is 2. The summed E-state index contributed by atoms with van der Waals surface area (Å²) >= 11 is 1.86. The second-order valence-electron chi connectivity index (χ2n) is 4.72. The van der Waals surface area contributed by atoms with Gasteiger partial charge in [0.15, 0.2) is 0 Å². The molecule has 0 aromatic carbocycles. The smallest absolute Gasteiger partial charge is 0.221 e. The number of aryl methyl sites for hydroxylation is 1. The van der Waals surface area contributed by atoms with E-state index in [-0.39, 0.29) is 5.91 Å². The number of carbonyl (C=O) groups excluding carboxylic acids is 1. The molecule has 0 spiro atoms. The molecule has 1 amide bonds. The quantitative estimate of drug-likeness (QED) is 0.844. The van der Waals surface area contributed by atoms with Gasteiger partial charge in [-0.15, -0.1) is 11.3 Å². The van der Waals surface area contributed by atoms with Crippen LogP contribution in [-0.2, 0) is 11.3 Å². The Morgan fingerprint density at radius 3 is 3.19 bits per heavy atom. The minimum absolute atomic E-state index is 0.224. The molecule has 1 aromatic heterocycles. The number of nitrogens with one attached hydrogen (secondary N) is 1. The van der Waals surface area contributed by atoms with E-state index in [1.54, 1.807) is 0 Å². The summed E-state index contributed by atoms with van der Waals surface area (Å²) < 4.78 is 0. The van der Waals surface area contributed by atoms with Gasteiger partial charge in [0.25, 0.3) is 0 Å². The van der Waals surface area contributed by atoms with Gasteiger partial charge in [0.05, 0.1) is 0 Å². The number of carbonyl (C=O) groups is 1. The van der Waals surface area contributed by atoms with Crippen LogP contribution < -0.4 is 5.32 Å². The Hall–Kier alpha value is -0.870. The summed E-state index contributed by atoms with van der Waals surface area (Å²) in [6.45, 7) is 4.27. The highest BCUT2D eigenvalue weighted by atomic mass is 32.1. The molecule has 4 heteroatoms. The van der Waals surface area contributed by atoms with Gasteiger partial charge in [-0.1, -0.05) is 0 Å². The molecule has 2 aliphatic heterocycles. The van der Waals surface area contributed by atoms with Crippen LogP contribution in [0.4, 0.5) is 0 Å². The van der Waals surface area contributed by atoms with Gasteiger partial charge in [-0.2, -0.15) is 0 Å². The number of thiophene rings is 1. The van der Waals surface area contributed by atoms with E-state index in [1.807, 2.05) is 11.3 Å². The third-order valence-corrected chi connectivity index (χ3v) is 4.54. The van der Waals surface area contributed by atoms with Crippen LogP contribution in [-0.4, -0.2) is 29.4 Å². The van der Waals surface area contributed by atoms with Gasteiger partial charge >= 0.3 is 0 Å². The van der Waals surface area contributed by atoms with Crippen molar-refractivity contribution in [1.82, 2.24) is 10.2 Å². The van der Waals surface area contributed by atoms with Crippen LogP contribution in [0.3, 0.4) is 0 Å². The van der Waals surface area contributed by atoms with Crippen molar-refractivity contribution in [3.8, 4) is 0 Å². The van der Waals surface area contributed by atoms with Crippen molar-refractivity contribution in [2.75, 3.05) is 6.54 Å². The molecule has 2 aliphatic rings. The van der Waals surface area contributed by atoms with E-state index in [4.69, 9.17) is 0 Å². The van der Waals surface area contributed by atoms with Gasteiger partial charge in [-0.25, -0.2) is 0 Å². The second-order valence-corrected chi connectivity index (χ2v) is 6.09. The Kier molecular flexibility index (Phi) is 2.48. The molecule has 0 saturated carbocycles. The maximum absolute atomic E-state index is 11.3. The number of hydrogen-bond acceptors (Lipinski definition) is 3. The van der Waals surface area contributed by atoms with E-state index < -0.39 is 0 Å². The fourth-order valence-electron chi connectivity index (χ4n) is 2.78. The predicted molar refractivity (Wildman–Crippen MR) is 64.4 cm³/mol. The van der Waals surface area contributed by atoms with Crippen molar-refractivity contribution < 1.29 is 4.79 Å².